The zero-order chi connectivity index (χ0) is 21.5. The maximum atomic E-state index is 12.3. The second-order valence-electron chi connectivity index (χ2n) is 6.93. The van der Waals surface area contributed by atoms with E-state index >= 15 is 0 Å². The number of hydrogen-bond donors (Lipinski definition) is 1. The molecule has 0 saturated carbocycles. The van der Waals surface area contributed by atoms with Gasteiger partial charge in [-0.3, -0.25) is 9.36 Å². The number of nitrogens with zero attached hydrogens (tertiary/aromatic N) is 2. The predicted molar refractivity (Wildman–Crippen MR) is 120 cm³/mol. The first-order valence-electron chi connectivity index (χ1n) is 9.73. The summed E-state index contributed by atoms with van der Waals surface area (Å²) in [6, 6.07) is 12.1. The lowest BCUT2D eigenvalue weighted by atomic mass is 10.1. The topological polar surface area (TPSA) is 65.4 Å². The van der Waals surface area contributed by atoms with E-state index in [1.54, 1.807) is 20.4 Å². The lowest BCUT2D eigenvalue weighted by Crippen LogP contribution is -2.27. The predicted octanol–water partition coefficient (Wildman–Crippen LogP) is 3.96. The van der Waals surface area contributed by atoms with Crippen molar-refractivity contribution in [3.63, 3.8) is 0 Å². The van der Waals surface area contributed by atoms with E-state index in [-0.39, 0.29) is 5.91 Å². The molecule has 3 aromatic rings. The average molecular weight is 426 g/mol. The number of ether oxygens (including phenoxy) is 2. The highest BCUT2D eigenvalue weighted by atomic mass is 32.2. The molecule has 1 N–H and O–H groups in total. The van der Waals surface area contributed by atoms with Crippen molar-refractivity contribution in [2.45, 2.75) is 25.4 Å². The van der Waals surface area contributed by atoms with Crippen molar-refractivity contribution in [1.29, 1.82) is 0 Å². The third-order valence-corrected chi connectivity index (χ3v) is 5.86. The van der Waals surface area contributed by atoms with Crippen LogP contribution in [0.4, 0.5) is 0 Å². The fourth-order valence-corrected chi connectivity index (χ4v) is 3.84. The van der Waals surface area contributed by atoms with Gasteiger partial charge in [-0.2, -0.15) is 0 Å². The first-order chi connectivity index (χ1) is 14.5. The molecule has 0 unspecified atom stereocenters. The van der Waals surface area contributed by atoms with Gasteiger partial charge in [0.1, 0.15) is 0 Å². The zero-order valence-electron chi connectivity index (χ0n) is 17.8. The Hall–Kier alpha value is -2.93. The number of thioether (sulfide) groups is 1. The Labute approximate surface area is 181 Å². The summed E-state index contributed by atoms with van der Waals surface area (Å²) in [4.78, 5) is 16.7. The maximum absolute atomic E-state index is 12.3. The summed E-state index contributed by atoms with van der Waals surface area (Å²) in [5, 5.41) is 3.77. The number of carbonyl (C=O) groups excluding carboxylic acids is 1. The normalized spacial score (nSPS) is 10.7. The minimum atomic E-state index is -0.0184. The molecule has 0 spiro atoms. The lowest BCUT2D eigenvalue weighted by molar-refractivity contribution is -0.118. The van der Waals surface area contributed by atoms with Crippen molar-refractivity contribution in [3.05, 3.63) is 65.5 Å². The molecule has 158 valence electrons. The van der Waals surface area contributed by atoms with Crippen LogP contribution in [0.3, 0.4) is 0 Å². The largest absolute Gasteiger partial charge is 0.493 e. The zero-order valence-corrected chi connectivity index (χ0v) is 18.6. The number of amides is 1. The van der Waals surface area contributed by atoms with E-state index in [4.69, 9.17) is 9.47 Å². The van der Waals surface area contributed by atoms with Crippen molar-refractivity contribution in [1.82, 2.24) is 14.9 Å². The number of hydrogen-bond acceptors (Lipinski definition) is 5. The van der Waals surface area contributed by atoms with E-state index in [0.29, 0.717) is 30.2 Å². The minimum Gasteiger partial charge on any atom is -0.493 e. The van der Waals surface area contributed by atoms with Gasteiger partial charge in [-0.05, 0) is 61.2 Å². The van der Waals surface area contributed by atoms with Crippen molar-refractivity contribution in [2.24, 2.45) is 0 Å². The summed E-state index contributed by atoms with van der Waals surface area (Å²) in [7, 11) is 3.23. The number of aryl methyl sites for hydroxylation is 2. The first-order valence-corrected chi connectivity index (χ1v) is 10.7. The monoisotopic (exact) mass is 425 g/mol. The van der Waals surface area contributed by atoms with E-state index in [0.717, 1.165) is 16.4 Å². The van der Waals surface area contributed by atoms with Crippen LogP contribution in [0.25, 0.3) is 5.69 Å². The molecule has 3 rings (SSSR count). The minimum absolute atomic E-state index is 0.0184. The first kappa shape index (κ1) is 21.8. The second-order valence-corrected chi connectivity index (χ2v) is 7.87. The molecule has 7 heteroatoms. The summed E-state index contributed by atoms with van der Waals surface area (Å²) in [5.74, 6) is 1.68. The summed E-state index contributed by atoms with van der Waals surface area (Å²) in [6.07, 6.45) is 4.39. The second kappa shape index (κ2) is 10.2. The Morgan fingerprint density at radius 3 is 2.60 bits per heavy atom. The van der Waals surface area contributed by atoms with Gasteiger partial charge in [-0.15, -0.1) is 0 Å². The van der Waals surface area contributed by atoms with Gasteiger partial charge < -0.3 is 14.8 Å². The lowest BCUT2D eigenvalue weighted by Gasteiger charge is -2.11. The number of carbonyl (C=O) groups is 1. The molecule has 30 heavy (non-hydrogen) atoms. The molecule has 1 aromatic heterocycles. The van der Waals surface area contributed by atoms with Crippen LogP contribution in [0, 0.1) is 13.8 Å². The van der Waals surface area contributed by atoms with Crippen LogP contribution >= 0.6 is 11.8 Å². The number of aromatic nitrogens is 2. The van der Waals surface area contributed by atoms with Gasteiger partial charge in [-0.1, -0.05) is 23.9 Å². The molecule has 0 fully saturated rings. The molecule has 0 bridgehead atoms. The molecule has 0 radical (unpaired) electrons. The quantitative estimate of drug-likeness (QED) is 0.526. The van der Waals surface area contributed by atoms with Gasteiger partial charge >= 0.3 is 0 Å². The molecular formula is C23H27N3O3S. The third kappa shape index (κ3) is 5.36. The highest BCUT2D eigenvalue weighted by Crippen LogP contribution is 2.27. The van der Waals surface area contributed by atoms with Gasteiger partial charge in [0.15, 0.2) is 16.7 Å². The van der Waals surface area contributed by atoms with E-state index in [1.807, 2.05) is 29.0 Å². The molecular weight excluding hydrogens is 398 g/mol. The molecule has 6 nitrogen and oxygen atoms in total. The molecule has 0 aliphatic carbocycles. The maximum Gasteiger partial charge on any atom is 0.230 e. The van der Waals surface area contributed by atoms with E-state index in [2.05, 4.69) is 42.3 Å². The molecule has 1 amide bonds. The molecule has 0 atom stereocenters. The summed E-state index contributed by atoms with van der Waals surface area (Å²) in [5.41, 5.74) is 4.60. The van der Waals surface area contributed by atoms with E-state index in [1.165, 1.54) is 22.9 Å². The number of nitrogens with one attached hydrogen (secondary N) is 1. The van der Waals surface area contributed by atoms with Crippen LogP contribution in [0.5, 0.6) is 11.5 Å². The molecule has 1 heterocycles. The van der Waals surface area contributed by atoms with Crippen molar-refractivity contribution in [3.8, 4) is 17.2 Å². The Bertz CT molecular complexity index is 1020. The van der Waals surface area contributed by atoms with Gasteiger partial charge in [-0.25, -0.2) is 4.98 Å². The van der Waals surface area contributed by atoms with Crippen LogP contribution < -0.4 is 14.8 Å². The van der Waals surface area contributed by atoms with Crippen LogP contribution in [0.1, 0.15) is 16.7 Å². The molecule has 0 aliphatic rings. The van der Waals surface area contributed by atoms with Crippen LogP contribution in [-0.4, -0.2) is 42.0 Å². The summed E-state index contributed by atoms with van der Waals surface area (Å²) < 4.78 is 12.6. The Morgan fingerprint density at radius 1 is 1.07 bits per heavy atom. The summed E-state index contributed by atoms with van der Waals surface area (Å²) in [6.45, 7) is 4.74. The van der Waals surface area contributed by atoms with Gasteiger partial charge in [0, 0.05) is 24.6 Å². The smallest absolute Gasteiger partial charge is 0.230 e. The third-order valence-electron chi connectivity index (χ3n) is 4.89. The Morgan fingerprint density at radius 2 is 1.87 bits per heavy atom. The van der Waals surface area contributed by atoms with Crippen molar-refractivity contribution in [2.75, 3.05) is 26.5 Å². The SMILES string of the molecule is COc1ccc(CCNC(=O)CSc2nccn2-c2ccc(C)c(C)c2)cc1OC. The highest BCUT2D eigenvalue weighted by molar-refractivity contribution is 7.99. The molecule has 0 saturated heterocycles. The number of rotatable bonds is 9. The van der Waals surface area contributed by atoms with Crippen LogP contribution in [0.2, 0.25) is 0 Å². The van der Waals surface area contributed by atoms with Gasteiger partial charge in [0.2, 0.25) is 5.91 Å². The van der Waals surface area contributed by atoms with Crippen molar-refractivity contribution < 1.29 is 14.3 Å². The standard InChI is InChI=1S/C23H27N3O3S/c1-16-5-7-19(13-17(16)2)26-12-11-25-23(26)30-15-22(27)24-10-9-18-6-8-20(28-3)21(14-18)29-4/h5-8,11-14H,9-10,15H2,1-4H3,(H,24,27). The summed E-state index contributed by atoms with van der Waals surface area (Å²) >= 11 is 1.43. The molecule has 0 aliphatic heterocycles. The number of benzene rings is 2. The van der Waals surface area contributed by atoms with Crippen molar-refractivity contribution >= 4 is 17.7 Å². The average Bonchev–Trinajstić information content (AvgIpc) is 3.22. The van der Waals surface area contributed by atoms with Crippen LogP contribution in [-0.2, 0) is 11.2 Å². The number of imidazole rings is 1. The Kier molecular flexibility index (Phi) is 7.41. The fraction of sp³-hybridized carbons (Fsp3) is 0.304. The number of methoxy groups -OCH3 is 2. The van der Waals surface area contributed by atoms with Crippen LogP contribution in [0.15, 0.2) is 53.9 Å². The fourth-order valence-electron chi connectivity index (χ4n) is 3.03. The highest BCUT2D eigenvalue weighted by Gasteiger charge is 2.10. The van der Waals surface area contributed by atoms with E-state index < -0.39 is 0 Å². The van der Waals surface area contributed by atoms with Gasteiger partial charge in [0.05, 0.1) is 20.0 Å². The van der Waals surface area contributed by atoms with Gasteiger partial charge in [0.25, 0.3) is 0 Å². The molecule has 2 aromatic carbocycles. The van der Waals surface area contributed by atoms with E-state index in [9.17, 15) is 4.79 Å². The Balaban J connectivity index is 1.51.